The second-order valence-corrected chi connectivity index (χ2v) is 6.48. The highest BCUT2D eigenvalue weighted by atomic mass is 32.1. The number of amides is 2. The van der Waals surface area contributed by atoms with Gasteiger partial charge in [0.25, 0.3) is 0 Å². The van der Waals surface area contributed by atoms with Crippen LogP contribution in [0.25, 0.3) is 10.6 Å². The number of thiophene rings is 1. The van der Waals surface area contributed by atoms with Crippen molar-refractivity contribution < 1.29 is 14.0 Å². The summed E-state index contributed by atoms with van der Waals surface area (Å²) in [7, 11) is 0. The second-order valence-electron chi connectivity index (χ2n) is 5.53. The standard InChI is InChI=1S/C19H18N2O3S/c1-13(14-6-3-2-4-7-14)21-19(23)18(22)20-12-15-9-10-16(24-15)17-8-5-11-25-17/h2-11,13H,12H2,1H3,(H,20,22)(H,21,23)/t13-/m1/s1. The van der Waals surface area contributed by atoms with E-state index in [0.29, 0.717) is 5.76 Å². The quantitative estimate of drug-likeness (QED) is 0.689. The van der Waals surface area contributed by atoms with Crippen LogP contribution in [0.4, 0.5) is 0 Å². The van der Waals surface area contributed by atoms with Crippen molar-refractivity contribution in [3.8, 4) is 10.6 Å². The molecule has 1 aromatic carbocycles. The van der Waals surface area contributed by atoms with Crippen LogP contribution >= 0.6 is 11.3 Å². The molecule has 0 aliphatic heterocycles. The number of carbonyl (C=O) groups excluding carboxylic acids is 2. The lowest BCUT2D eigenvalue weighted by Crippen LogP contribution is -2.40. The van der Waals surface area contributed by atoms with Crippen molar-refractivity contribution in [2.75, 3.05) is 0 Å². The maximum absolute atomic E-state index is 12.0. The molecule has 0 saturated carbocycles. The van der Waals surface area contributed by atoms with Gasteiger partial charge in [-0.2, -0.15) is 0 Å². The smallest absolute Gasteiger partial charge is 0.309 e. The number of nitrogens with one attached hydrogen (secondary N) is 2. The van der Waals surface area contributed by atoms with Crippen LogP contribution in [0.1, 0.15) is 24.3 Å². The van der Waals surface area contributed by atoms with E-state index < -0.39 is 11.8 Å². The van der Waals surface area contributed by atoms with Gasteiger partial charge >= 0.3 is 11.8 Å². The molecular formula is C19H18N2O3S. The molecule has 5 nitrogen and oxygen atoms in total. The van der Waals surface area contributed by atoms with Gasteiger partial charge in [0.15, 0.2) is 0 Å². The first kappa shape index (κ1) is 17.0. The van der Waals surface area contributed by atoms with Gasteiger partial charge in [-0.15, -0.1) is 11.3 Å². The maximum atomic E-state index is 12.0. The Kier molecular flexibility index (Phi) is 5.30. The highest BCUT2D eigenvalue weighted by molar-refractivity contribution is 7.13. The molecule has 2 amide bonds. The zero-order chi connectivity index (χ0) is 17.6. The van der Waals surface area contributed by atoms with E-state index in [4.69, 9.17) is 4.42 Å². The summed E-state index contributed by atoms with van der Waals surface area (Å²) >= 11 is 1.58. The lowest BCUT2D eigenvalue weighted by molar-refractivity contribution is -0.139. The van der Waals surface area contributed by atoms with E-state index in [1.54, 1.807) is 17.4 Å². The fraction of sp³-hybridized carbons (Fsp3) is 0.158. The Bertz CT molecular complexity index is 841. The molecule has 0 bridgehead atoms. The van der Waals surface area contributed by atoms with Crippen molar-refractivity contribution in [1.29, 1.82) is 0 Å². The van der Waals surface area contributed by atoms with Gasteiger partial charge in [-0.05, 0) is 36.1 Å². The zero-order valence-corrected chi connectivity index (χ0v) is 14.5. The molecule has 3 aromatic rings. The fourth-order valence-corrected chi connectivity index (χ4v) is 3.05. The van der Waals surface area contributed by atoms with Crippen LogP contribution in [0.3, 0.4) is 0 Å². The van der Waals surface area contributed by atoms with Crippen LogP contribution in [0.5, 0.6) is 0 Å². The van der Waals surface area contributed by atoms with E-state index in [9.17, 15) is 9.59 Å². The maximum Gasteiger partial charge on any atom is 0.309 e. The second kappa shape index (κ2) is 7.81. The molecule has 0 saturated heterocycles. The molecule has 0 aliphatic rings. The van der Waals surface area contributed by atoms with Crippen LogP contribution in [0, 0.1) is 0 Å². The molecule has 0 unspecified atom stereocenters. The minimum Gasteiger partial charge on any atom is -0.458 e. The third-order valence-corrected chi connectivity index (χ3v) is 4.59. The highest BCUT2D eigenvalue weighted by Gasteiger charge is 2.17. The van der Waals surface area contributed by atoms with E-state index >= 15 is 0 Å². The fourth-order valence-electron chi connectivity index (χ4n) is 2.36. The summed E-state index contributed by atoms with van der Waals surface area (Å²) < 4.78 is 5.67. The van der Waals surface area contributed by atoms with Crippen molar-refractivity contribution in [1.82, 2.24) is 10.6 Å². The number of furan rings is 1. The monoisotopic (exact) mass is 354 g/mol. The zero-order valence-electron chi connectivity index (χ0n) is 13.7. The molecular weight excluding hydrogens is 336 g/mol. The van der Waals surface area contributed by atoms with Gasteiger partial charge in [0.05, 0.1) is 17.5 Å². The summed E-state index contributed by atoms with van der Waals surface area (Å²) in [6, 6.07) is 16.8. The third kappa shape index (κ3) is 4.36. The molecule has 25 heavy (non-hydrogen) atoms. The van der Waals surface area contributed by atoms with Gasteiger partial charge in [-0.1, -0.05) is 36.4 Å². The molecule has 0 spiro atoms. The molecule has 0 fully saturated rings. The average Bonchev–Trinajstić information content (AvgIpc) is 3.31. The average molecular weight is 354 g/mol. The lowest BCUT2D eigenvalue weighted by Gasteiger charge is -2.13. The van der Waals surface area contributed by atoms with E-state index in [2.05, 4.69) is 10.6 Å². The normalized spacial score (nSPS) is 11.7. The van der Waals surface area contributed by atoms with Gasteiger partial charge in [-0.3, -0.25) is 9.59 Å². The SMILES string of the molecule is C[C@@H](NC(=O)C(=O)NCc1ccc(-c2cccs2)o1)c1ccccc1. The molecule has 2 heterocycles. The predicted molar refractivity (Wildman–Crippen MR) is 96.9 cm³/mol. The van der Waals surface area contributed by atoms with Crippen LogP contribution in [-0.2, 0) is 16.1 Å². The highest BCUT2D eigenvalue weighted by Crippen LogP contribution is 2.26. The summed E-state index contributed by atoms with van der Waals surface area (Å²) in [6.07, 6.45) is 0. The molecule has 6 heteroatoms. The summed E-state index contributed by atoms with van der Waals surface area (Å²) in [5, 5.41) is 7.22. The number of carbonyl (C=O) groups is 2. The third-order valence-electron chi connectivity index (χ3n) is 3.70. The minimum atomic E-state index is -0.683. The Labute approximate surface area is 149 Å². The number of hydrogen-bond donors (Lipinski definition) is 2. The van der Waals surface area contributed by atoms with Gasteiger partial charge < -0.3 is 15.1 Å². The molecule has 0 aliphatic carbocycles. The number of benzene rings is 1. The largest absolute Gasteiger partial charge is 0.458 e. The summed E-state index contributed by atoms with van der Waals surface area (Å²) in [6.45, 7) is 2.00. The van der Waals surface area contributed by atoms with E-state index in [0.717, 1.165) is 16.2 Å². The Morgan fingerprint density at radius 3 is 2.56 bits per heavy atom. The van der Waals surface area contributed by atoms with Gasteiger partial charge in [-0.25, -0.2) is 0 Å². The Morgan fingerprint density at radius 2 is 1.84 bits per heavy atom. The molecule has 2 aromatic heterocycles. The summed E-state index contributed by atoms with van der Waals surface area (Å²) in [5.74, 6) is 0.000280. The van der Waals surface area contributed by atoms with Crippen molar-refractivity contribution in [2.24, 2.45) is 0 Å². The van der Waals surface area contributed by atoms with Crippen LogP contribution in [-0.4, -0.2) is 11.8 Å². The Morgan fingerprint density at radius 1 is 1.04 bits per heavy atom. The molecule has 3 rings (SSSR count). The Balaban J connectivity index is 1.51. The first-order valence-corrected chi connectivity index (χ1v) is 8.77. The van der Waals surface area contributed by atoms with E-state index in [1.165, 1.54) is 0 Å². The van der Waals surface area contributed by atoms with Crippen molar-refractivity contribution >= 4 is 23.2 Å². The summed E-state index contributed by atoms with van der Waals surface area (Å²) in [5.41, 5.74) is 0.940. The first-order chi connectivity index (χ1) is 12.1. The van der Waals surface area contributed by atoms with Crippen molar-refractivity contribution in [3.05, 3.63) is 71.3 Å². The molecule has 0 radical (unpaired) electrons. The number of hydrogen-bond acceptors (Lipinski definition) is 4. The number of rotatable bonds is 5. The molecule has 1 atom stereocenters. The summed E-state index contributed by atoms with van der Waals surface area (Å²) in [4.78, 5) is 25.0. The predicted octanol–water partition coefficient (Wildman–Crippen LogP) is 3.50. The van der Waals surface area contributed by atoms with E-state index in [-0.39, 0.29) is 12.6 Å². The minimum absolute atomic E-state index is 0.164. The first-order valence-electron chi connectivity index (χ1n) is 7.89. The molecule has 2 N–H and O–H groups in total. The topological polar surface area (TPSA) is 71.3 Å². The molecule has 128 valence electrons. The van der Waals surface area contributed by atoms with Gasteiger partial charge in [0.2, 0.25) is 0 Å². The Hall–Kier alpha value is -2.86. The van der Waals surface area contributed by atoms with Crippen LogP contribution < -0.4 is 10.6 Å². The van der Waals surface area contributed by atoms with Crippen LogP contribution in [0.15, 0.2) is 64.4 Å². The lowest BCUT2D eigenvalue weighted by atomic mass is 10.1. The van der Waals surface area contributed by atoms with Crippen molar-refractivity contribution in [3.63, 3.8) is 0 Å². The van der Waals surface area contributed by atoms with Gasteiger partial charge in [0, 0.05) is 0 Å². The van der Waals surface area contributed by atoms with E-state index in [1.807, 2.05) is 60.8 Å². The van der Waals surface area contributed by atoms with Crippen molar-refractivity contribution in [2.45, 2.75) is 19.5 Å². The van der Waals surface area contributed by atoms with Crippen LogP contribution in [0.2, 0.25) is 0 Å². The van der Waals surface area contributed by atoms with Gasteiger partial charge in [0.1, 0.15) is 11.5 Å².